The van der Waals surface area contributed by atoms with Crippen molar-refractivity contribution < 1.29 is 9.59 Å². The van der Waals surface area contributed by atoms with Crippen molar-refractivity contribution in [2.45, 2.75) is 33.6 Å². The Morgan fingerprint density at radius 3 is 2.52 bits per heavy atom. The van der Waals surface area contributed by atoms with E-state index in [9.17, 15) is 9.59 Å². The van der Waals surface area contributed by atoms with Gasteiger partial charge in [0.25, 0.3) is 0 Å². The lowest BCUT2D eigenvalue weighted by Crippen LogP contribution is -2.28. The fourth-order valence-electron chi connectivity index (χ4n) is 3.23. The Bertz CT molecular complexity index is 796. The molecular weight excluding hydrogens is 312 g/mol. The first kappa shape index (κ1) is 17.2. The smallest absolute Gasteiger partial charge is 0.229 e. The highest BCUT2D eigenvalue weighted by molar-refractivity contribution is 6.03. The number of amides is 2. The van der Waals surface area contributed by atoms with E-state index in [0.29, 0.717) is 6.54 Å². The molecule has 130 valence electrons. The molecule has 2 aromatic carbocycles. The van der Waals surface area contributed by atoms with Gasteiger partial charge < -0.3 is 10.2 Å². The second-order valence-electron chi connectivity index (χ2n) is 6.73. The molecule has 1 saturated heterocycles. The Morgan fingerprint density at radius 1 is 1.16 bits per heavy atom. The molecule has 0 spiro atoms. The summed E-state index contributed by atoms with van der Waals surface area (Å²) in [6.45, 7) is 6.53. The molecular formula is C21H24N2O2. The molecule has 1 heterocycles. The lowest BCUT2D eigenvalue weighted by atomic mass is 10.1. The van der Waals surface area contributed by atoms with Crippen LogP contribution in [0.4, 0.5) is 11.4 Å². The van der Waals surface area contributed by atoms with E-state index in [1.807, 2.05) is 56.3 Å². The zero-order valence-electron chi connectivity index (χ0n) is 15.0. The first-order valence-corrected chi connectivity index (χ1v) is 8.75. The van der Waals surface area contributed by atoms with E-state index in [4.69, 9.17) is 0 Å². The standard InChI is InChI=1S/C21H24N2O2/c1-4-16-6-8-18(9-7-16)23-13-17(12-20(23)24)21(25)22-19-10-5-14(2)11-15(19)3/h5-11,17H,4,12-13H2,1-3H3,(H,22,25)/t17-/m1/s1. The minimum Gasteiger partial charge on any atom is -0.326 e. The van der Waals surface area contributed by atoms with Crippen LogP contribution in [0, 0.1) is 19.8 Å². The van der Waals surface area contributed by atoms with Crippen LogP contribution >= 0.6 is 0 Å². The van der Waals surface area contributed by atoms with Gasteiger partial charge in [-0.3, -0.25) is 9.59 Å². The maximum absolute atomic E-state index is 12.6. The van der Waals surface area contributed by atoms with Gasteiger partial charge in [0.1, 0.15) is 0 Å². The molecule has 1 aliphatic heterocycles. The maximum Gasteiger partial charge on any atom is 0.229 e. The number of hydrogen-bond donors (Lipinski definition) is 1. The van der Waals surface area contributed by atoms with Crippen molar-refractivity contribution in [3.63, 3.8) is 0 Å². The van der Waals surface area contributed by atoms with Gasteiger partial charge in [0.2, 0.25) is 11.8 Å². The Balaban J connectivity index is 1.69. The van der Waals surface area contributed by atoms with Crippen LogP contribution < -0.4 is 10.2 Å². The van der Waals surface area contributed by atoms with E-state index in [-0.39, 0.29) is 24.2 Å². The number of anilines is 2. The number of nitrogens with one attached hydrogen (secondary N) is 1. The first-order valence-electron chi connectivity index (χ1n) is 8.75. The first-order chi connectivity index (χ1) is 12.0. The Hall–Kier alpha value is -2.62. The topological polar surface area (TPSA) is 49.4 Å². The molecule has 2 amide bonds. The molecule has 4 heteroatoms. The third-order valence-corrected chi connectivity index (χ3v) is 4.79. The summed E-state index contributed by atoms with van der Waals surface area (Å²) in [4.78, 5) is 26.7. The summed E-state index contributed by atoms with van der Waals surface area (Å²) < 4.78 is 0. The average molecular weight is 336 g/mol. The molecule has 4 nitrogen and oxygen atoms in total. The van der Waals surface area contributed by atoms with Gasteiger partial charge in [0.05, 0.1) is 5.92 Å². The highest BCUT2D eigenvalue weighted by Crippen LogP contribution is 2.27. The minimum atomic E-state index is -0.320. The van der Waals surface area contributed by atoms with E-state index in [1.54, 1.807) is 4.90 Å². The molecule has 0 aromatic heterocycles. The van der Waals surface area contributed by atoms with Crippen molar-refractivity contribution >= 4 is 23.2 Å². The maximum atomic E-state index is 12.6. The van der Waals surface area contributed by atoms with Gasteiger partial charge in [-0.25, -0.2) is 0 Å². The molecule has 0 radical (unpaired) electrons. The van der Waals surface area contributed by atoms with Crippen molar-refractivity contribution in [2.24, 2.45) is 5.92 Å². The van der Waals surface area contributed by atoms with Crippen LogP contribution in [0.2, 0.25) is 0 Å². The third kappa shape index (κ3) is 3.73. The molecule has 0 saturated carbocycles. The quantitative estimate of drug-likeness (QED) is 0.922. The predicted molar refractivity (Wildman–Crippen MR) is 101 cm³/mol. The molecule has 1 N–H and O–H groups in total. The molecule has 25 heavy (non-hydrogen) atoms. The van der Waals surface area contributed by atoms with Crippen molar-refractivity contribution in [2.75, 3.05) is 16.8 Å². The molecule has 3 rings (SSSR count). The summed E-state index contributed by atoms with van der Waals surface area (Å²) >= 11 is 0. The number of carbonyl (C=O) groups excluding carboxylic acids is 2. The zero-order valence-corrected chi connectivity index (χ0v) is 15.0. The molecule has 2 aromatic rings. The van der Waals surface area contributed by atoms with Crippen LogP contribution in [-0.4, -0.2) is 18.4 Å². The molecule has 0 unspecified atom stereocenters. The molecule has 1 atom stereocenters. The van der Waals surface area contributed by atoms with Crippen LogP contribution in [-0.2, 0) is 16.0 Å². The molecule has 1 aliphatic rings. The summed E-state index contributed by atoms with van der Waals surface area (Å²) in [5, 5.41) is 2.97. The number of aryl methyl sites for hydroxylation is 3. The van der Waals surface area contributed by atoms with Crippen LogP contribution in [0.5, 0.6) is 0 Å². The van der Waals surface area contributed by atoms with E-state index < -0.39 is 0 Å². The normalized spacial score (nSPS) is 17.0. The average Bonchev–Trinajstić information content (AvgIpc) is 2.99. The lowest BCUT2D eigenvalue weighted by Gasteiger charge is -2.17. The number of carbonyl (C=O) groups is 2. The van der Waals surface area contributed by atoms with Crippen LogP contribution in [0.15, 0.2) is 42.5 Å². The fraction of sp³-hybridized carbons (Fsp3) is 0.333. The van der Waals surface area contributed by atoms with Crippen LogP contribution in [0.1, 0.15) is 30.0 Å². The Morgan fingerprint density at radius 2 is 1.88 bits per heavy atom. The predicted octanol–water partition coefficient (Wildman–Crippen LogP) is 3.86. The van der Waals surface area contributed by atoms with Gasteiger partial charge in [-0.2, -0.15) is 0 Å². The van der Waals surface area contributed by atoms with Gasteiger partial charge in [-0.05, 0) is 49.6 Å². The van der Waals surface area contributed by atoms with Gasteiger partial charge in [-0.15, -0.1) is 0 Å². The summed E-state index contributed by atoms with van der Waals surface area (Å²) in [7, 11) is 0. The highest BCUT2D eigenvalue weighted by Gasteiger charge is 2.35. The van der Waals surface area contributed by atoms with E-state index in [1.165, 1.54) is 5.56 Å². The van der Waals surface area contributed by atoms with E-state index in [2.05, 4.69) is 12.2 Å². The van der Waals surface area contributed by atoms with E-state index >= 15 is 0 Å². The lowest BCUT2D eigenvalue weighted by molar-refractivity contribution is -0.122. The monoisotopic (exact) mass is 336 g/mol. The van der Waals surface area contributed by atoms with Crippen LogP contribution in [0.3, 0.4) is 0 Å². The minimum absolute atomic E-state index is 0.00465. The molecule has 0 bridgehead atoms. The van der Waals surface area contributed by atoms with Gasteiger partial charge in [-0.1, -0.05) is 36.8 Å². The molecule has 0 aliphatic carbocycles. The second kappa shape index (κ2) is 7.09. The number of hydrogen-bond acceptors (Lipinski definition) is 2. The Labute approximate surface area is 148 Å². The third-order valence-electron chi connectivity index (χ3n) is 4.79. The SMILES string of the molecule is CCc1ccc(N2C[C@H](C(=O)Nc3ccc(C)cc3C)CC2=O)cc1. The van der Waals surface area contributed by atoms with Crippen molar-refractivity contribution in [3.8, 4) is 0 Å². The van der Waals surface area contributed by atoms with Crippen LogP contribution in [0.25, 0.3) is 0 Å². The Kier molecular flexibility index (Phi) is 4.88. The van der Waals surface area contributed by atoms with Crippen molar-refractivity contribution in [3.05, 3.63) is 59.2 Å². The molecule has 1 fully saturated rings. The van der Waals surface area contributed by atoms with Gasteiger partial charge in [0, 0.05) is 24.3 Å². The van der Waals surface area contributed by atoms with Crippen molar-refractivity contribution in [1.82, 2.24) is 0 Å². The fourth-order valence-corrected chi connectivity index (χ4v) is 3.23. The summed E-state index contributed by atoms with van der Waals surface area (Å²) in [5.41, 5.74) is 5.11. The second-order valence-corrected chi connectivity index (χ2v) is 6.73. The largest absolute Gasteiger partial charge is 0.326 e. The van der Waals surface area contributed by atoms with Crippen molar-refractivity contribution in [1.29, 1.82) is 0 Å². The highest BCUT2D eigenvalue weighted by atomic mass is 16.2. The number of benzene rings is 2. The number of nitrogens with zero attached hydrogens (tertiary/aromatic N) is 1. The summed E-state index contributed by atoms with van der Waals surface area (Å²) in [6, 6.07) is 13.9. The van der Waals surface area contributed by atoms with Gasteiger partial charge in [0.15, 0.2) is 0 Å². The van der Waals surface area contributed by atoms with Gasteiger partial charge >= 0.3 is 0 Å². The number of rotatable bonds is 4. The zero-order chi connectivity index (χ0) is 18.0. The van der Waals surface area contributed by atoms with E-state index in [0.717, 1.165) is 28.9 Å². The summed E-state index contributed by atoms with van der Waals surface area (Å²) in [5.74, 6) is -0.405. The summed E-state index contributed by atoms with van der Waals surface area (Å²) in [6.07, 6.45) is 1.22.